The van der Waals surface area contributed by atoms with Gasteiger partial charge in [-0.2, -0.15) is 0 Å². The van der Waals surface area contributed by atoms with Crippen LogP contribution in [0.2, 0.25) is 6.55 Å². The molecular formula is C8H11OSi. The van der Waals surface area contributed by atoms with Crippen molar-refractivity contribution >= 4 is 14.0 Å². The van der Waals surface area contributed by atoms with Gasteiger partial charge in [0.25, 0.3) is 0 Å². The summed E-state index contributed by atoms with van der Waals surface area (Å²) in [5.41, 5.74) is 0. The summed E-state index contributed by atoms with van der Waals surface area (Å²) in [5, 5.41) is 10.1. The van der Waals surface area contributed by atoms with E-state index in [2.05, 4.69) is 18.7 Å². The maximum Gasteiger partial charge on any atom is 0.113 e. The van der Waals surface area contributed by atoms with Gasteiger partial charge in [-0.05, 0) is 0 Å². The number of rotatable bonds is 2. The number of benzene rings is 1. The molecule has 0 fully saturated rings. The highest BCUT2D eigenvalue weighted by molar-refractivity contribution is 6.71. The van der Waals surface area contributed by atoms with E-state index in [-0.39, 0.29) is 0 Å². The molecule has 1 aromatic rings. The third-order valence-electron chi connectivity index (χ3n) is 1.50. The Morgan fingerprint density at radius 1 is 1.30 bits per heavy atom. The fourth-order valence-electron chi connectivity index (χ4n) is 0.814. The van der Waals surface area contributed by atoms with Crippen LogP contribution in [-0.2, 0) is 0 Å². The van der Waals surface area contributed by atoms with Gasteiger partial charge in [0.15, 0.2) is 0 Å². The first kappa shape index (κ1) is 7.50. The molecule has 1 radical (unpaired) electrons. The maximum atomic E-state index is 8.83. The van der Waals surface area contributed by atoms with Crippen LogP contribution in [0.5, 0.6) is 0 Å². The number of hydrogen-bond acceptors (Lipinski definition) is 1. The van der Waals surface area contributed by atoms with E-state index >= 15 is 0 Å². The Bertz CT molecular complexity index is 186. The largest absolute Gasteiger partial charge is 0.400 e. The summed E-state index contributed by atoms with van der Waals surface area (Å²) >= 11 is 0. The van der Waals surface area contributed by atoms with Crippen molar-refractivity contribution in [2.24, 2.45) is 0 Å². The van der Waals surface area contributed by atoms with Gasteiger partial charge in [0.05, 0.1) is 0 Å². The standard InChI is InChI=1S/C8H11OSi/c1-10(7-9)8-5-3-2-4-6-8/h2-6,9H,7H2,1H3. The van der Waals surface area contributed by atoms with Gasteiger partial charge in [0.1, 0.15) is 8.80 Å². The summed E-state index contributed by atoms with van der Waals surface area (Å²) in [6.07, 6.45) is 0.328. The molecular weight excluding hydrogens is 140 g/mol. The summed E-state index contributed by atoms with van der Waals surface area (Å²) in [6, 6.07) is 10.2. The van der Waals surface area contributed by atoms with Gasteiger partial charge < -0.3 is 5.11 Å². The zero-order chi connectivity index (χ0) is 7.40. The molecule has 0 saturated carbocycles. The van der Waals surface area contributed by atoms with Crippen LogP contribution in [0.15, 0.2) is 30.3 Å². The van der Waals surface area contributed by atoms with Crippen molar-refractivity contribution in [3.8, 4) is 0 Å². The van der Waals surface area contributed by atoms with Crippen LogP contribution in [0.25, 0.3) is 0 Å². The highest BCUT2D eigenvalue weighted by Crippen LogP contribution is 1.86. The second kappa shape index (κ2) is 3.54. The molecule has 0 spiro atoms. The van der Waals surface area contributed by atoms with Crippen LogP contribution in [-0.4, -0.2) is 20.1 Å². The van der Waals surface area contributed by atoms with Gasteiger partial charge in [-0.15, -0.1) is 0 Å². The lowest BCUT2D eigenvalue weighted by Crippen LogP contribution is -2.30. The lowest BCUT2D eigenvalue weighted by atomic mass is 10.4. The minimum absolute atomic E-state index is 0.328. The molecule has 0 saturated heterocycles. The van der Waals surface area contributed by atoms with E-state index < -0.39 is 8.80 Å². The quantitative estimate of drug-likeness (QED) is 0.612. The van der Waals surface area contributed by atoms with Gasteiger partial charge in [-0.3, -0.25) is 0 Å². The Kier molecular flexibility index (Phi) is 2.65. The number of aliphatic hydroxyl groups is 1. The van der Waals surface area contributed by atoms with Crippen molar-refractivity contribution < 1.29 is 5.11 Å². The zero-order valence-corrected chi connectivity index (χ0v) is 7.04. The monoisotopic (exact) mass is 151 g/mol. The highest BCUT2D eigenvalue weighted by atomic mass is 28.3. The van der Waals surface area contributed by atoms with Crippen molar-refractivity contribution in [3.63, 3.8) is 0 Å². The van der Waals surface area contributed by atoms with Gasteiger partial charge in [0.2, 0.25) is 0 Å². The van der Waals surface area contributed by atoms with Gasteiger partial charge >= 0.3 is 0 Å². The fourth-order valence-corrected chi connectivity index (χ4v) is 1.76. The van der Waals surface area contributed by atoms with E-state index in [1.54, 1.807) is 0 Å². The molecule has 53 valence electrons. The minimum Gasteiger partial charge on any atom is -0.400 e. The Morgan fingerprint density at radius 3 is 2.40 bits per heavy atom. The van der Waals surface area contributed by atoms with Crippen LogP contribution in [0.4, 0.5) is 0 Å². The molecule has 1 N–H and O–H groups in total. The van der Waals surface area contributed by atoms with Crippen LogP contribution in [0.3, 0.4) is 0 Å². The van der Waals surface area contributed by atoms with Crippen molar-refractivity contribution in [2.75, 3.05) is 6.23 Å². The first-order chi connectivity index (χ1) is 4.84. The zero-order valence-electron chi connectivity index (χ0n) is 6.04. The summed E-state index contributed by atoms with van der Waals surface area (Å²) in [7, 11) is -0.651. The molecule has 0 atom stereocenters. The van der Waals surface area contributed by atoms with Gasteiger partial charge in [-0.25, -0.2) is 0 Å². The molecule has 0 aliphatic carbocycles. The van der Waals surface area contributed by atoms with E-state index in [1.807, 2.05) is 18.2 Å². The van der Waals surface area contributed by atoms with E-state index in [0.29, 0.717) is 6.23 Å². The van der Waals surface area contributed by atoms with Crippen molar-refractivity contribution in [2.45, 2.75) is 6.55 Å². The van der Waals surface area contributed by atoms with E-state index in [9.17, 15) is 0 Å². The van der Waals surface area contributed by atoms with Gasteiger partial charge in [0, 0.05) is 6.23 Å². The molecule has 0 amide bonds. The topological polar surface area (TPSA) is 20.2 Å². The smallest absolute Gasteiger partial charge is 0.113 e. The molecule has 10 heavy (non-hydrogen) atoms. The van der Waals surface area contributed by atoms with E-state index in [4.69, 9.17) is 5.11 Å². The lowest BCUT2D eigenvalue weighted by molar-refractivity contribution is 0.364. The second-order valence-corrected chi connectivity index (χ2v) is 4.76. The third-order valence-corrected chi connectivity index (χ3v) is 3.30. The molecule has 1 rings (SSSR count). The van der Waals surface area contributed by atoms with Crippen molar-refractivity contribution in [3.05, 3.63) is 30.3 Å². The van der Waals surface area contributed by atoms with E-state index in [0.717, 1.165) is 0 Å². The highest BCUT2D eigenvalue weighted by Gasteiger charge is 2.03. The molecule has 0 unspecified atom stereocenters. The molecule has 1 aromatic carbocycles. The molecule has 0 aliphatic rings. The average molecular weight is 151 g/mol. The number of hydrogen-bond donors (Lipinski definition) is 1. The first-order valence-electron chi connectivity index (χ1n) is 3.33. The average Bonchev–Trinajstić information content (AvgIpc) is 2.05. The van der Waals surface area contributed by atoms with Gasteiger partial charge in [-0.1, -0.05) is 42.1 Å². The maximum absolute atomic E-state index is 8.83. The third kappa shape index (κ3) is 1.69. The molecule has 2 heteroatoms. The number of aliphatic hydroxyl groups excluding tert-OH is 1. The Balaban J connectivity index is 2.75. The summed E-state index contributed by atoms with van der Waals surface area (Å²) in [6.45, 7) is 2.11. The predicted molar refractivity (Wildman–Crippen MR) is 44.8 cm³/mol. The van der Waals surface area contributed by atoms with Crippen LogP contribution < -0.4 is 5.19 Å². The summed E-state index contributed by atoms with van der Waals surface area (Å²) in [4.78, 5) is 0. The normalized spacial score (nSPS) is 10.3. The molecule has 0 aliphatic heterocycles. The van der Waals surface area contributed by atoms with Crippen molar-refractivity contribution in [1.29, 1.82) is 0 Å². The Labute approximate surface area is 62.9 Å². The van der Waals surface area contributed by atoms with Crippen LogP contribution in [0, 0.1) is 0 Å². The summed E-state index contributed by atoms with van der Waals surface area (Å²) < 4.78 is 0. The van der Waals surface area contributed by atoms with Crippen molar-refractivity contribution in [1.82, 2.24) is 0 Å². The molecule has 1 nitrogen and oxygen atoms in total. The Hall–Kier alpha value is -0.603. The first-order valence-corrected chi connectivity index (χ1v) is 5.54. The lowest BCUT2D eigenvalue weighted by Gasteiger charge is -2.03. The molecule has 0 heterocycles. The molecule has 0 bridgehead atoms. The van der Waals surface area contributed by atoms with E-state index in [1.165, 1.54) is 5.19 Å². The van der Waals surface area contributed by atoms with Crippen LogP contribution >= 0.6 is 0 Å². The Morgan fingerprint density at radius 2 is 1.90 bits per heavy atom. The second-order valence-electron chi connectivity index (χ2n) is 2.30. The SMILES string of the molecule is C[Si](CO)c1ccccc1. The molecule has 0 aromatic heterocycles. The summed E-state index contributed by atoms with van der Waals surface area (Å²) in [5.74, 6) is 0. The minimum atomic E-state index is -0.651. The fraction of sp³-hybridized carbons (Fsp3) is 0.250. The predicted octanol–water partition coefficient (Wildman–Crippen LogP) is 0.550. The van der Waals surface area contributed by atoms with Crippen LogP contribution in [0.1, 0.15) is 0 Å².